The maximum atomic E-state index is 2.49. The Kier molecular flexibility index (Phi) is 3.40. The summed E-state index contributed by atoms with van der Waals surface area (Å²) in [5.41, 5.74) is 4.30. The van der Waals surface area contributed by atoms with E-state index in [1.165, 1.54) is 74.1 Å². The van der Waals surface area contributed by atoms with Crippen LogP contribution in [0.2, 0.25) is 0 Å². The summed E-state index contributed by atoms with van der Waals surface area (Å²) >= 11 is 1.93. The number of hydrogen-bond acceptors (Lipinski definition) is 1. The SMILES string of the molecule is Cn1c2ccc(C3CCCCC3)cc2c2ccc3c4ccccc4sc3c21. The summed E-state index contributed by atoms with van der Waals surface area (Å²) in [6.45, 7) is 0. The van der Waals surface area contributed by atoms with Gasteiger partial charge in [-0.3, -0.25) is 0 Å². The number of benzene rings is 3. The molecule has 0 atom stereocenters. The molecule has 0 amide bonds. The van der Waals surface area contributed by atoms with E-state index < -0.39 is 0 Å². The summed E-state index contributed by atoms with van der Waals surface area (Å²) in [6.07, 6.45) is 6.91. The van der Waals surface area contributed by atoms with Crippen molar-refractivity contribution in [1.82, 2.24) is 4.57 Å². The van der Waals surface area contributed by atoms with Gasteiger partial charge in [0.2, 0.25) is 0 Å². The molecular formula is C25H23NS. The molecule has 3 aromatic carbocycles. The molecule has 1 aliphatic carbocycles. The fourth-order valence-corrected chi connectivity index (χ4v) is 6.48. The van der Waals surface area contributed by atoms with Crippen molar-refractivity contribution in [1.29, 1.82) is 0 Å². The number of aryl methyl sites for hydroxylation is 1. The smallest absolute Gasteiger partial charge is 0.0670 e. The van der Waals surface area contributed by atoms with E-state index in [2.05, 4.69) is 66.2 Å². The molecule has 2 aromatic heterocycles. The third kappa shape index (κ3) is 2.23. The molecule has 134 valence electrons. The molecular weight excluding hydrogens is 346 g/mol. The van der Waals surface area contributed by atoms with Crippen molar-refractivity contribution in [3.63, 3.8) is 0 Å². The molecule has 2 heterocycles. The standard InChI is InChI=1S/C25H23NS/c1-26-22-14-11-17(16-7-3-2-4-8-16)15-21(22)19-12-13-20-18-9-5-6-10-23(18)27-25(20)24(19)26/h5-6,9-16H,2-4,7-8H2,1H3. The van der Waals surface area contributed by atoms with Crippen molar-refractivity contribution in [2.45, 2.75) is 38.0 Å². The Hall–Kier alpha value is -2.32. The first-order valence-electron chi connectivity index (χ1n) is 10.1. The first-order valence-corrected chi connectivity index (χ1v) is 11.0. The summed E-state index contributed by atoms with van der Waals surface area (Å²) in [7, 11) is 2.23. The Balaban J connectivity index is 1.67. The first-order chi connectivity index (χ1) is 13.3. The molecule has 6 rings (SSSR count). The highest BCUT2D eigenvalue weighted by molar-refractivity contribution is 7.26. The fourth-order valence-electron chi connectivity index (χ4n) is 5.20. The highest BCUT2D eigenvalue weighted by atomic mass is 32.1. The number of rotatable bonds is 1. The summed E-state index contributed by atoms with van der Waals surface area (Å²) in [5, 5.41) is 5.60. The van der Waals surface area contributed by atoms with Gasteiger partial charge in [0, 0.05) is 38.8 Å². The van der Waals surface area contributed by atoms with E-state index in [0.29, 0.717) is 0 Å². The van der Waals surface area contributed by atoms with Gasteiger partial charge in [-0.1, -0.05) is 55.7 Å². The van der Waals surface area contributed by atoms with Crippen molar-refractivity contribution in [3.05, 3.63) is 60.2 Å². The van der Waals surface area contributed by atoms with E-state index in [4.69, 9.17) is 0 Å². The lowest BCUT2D eigenvalue weighted by Crippen LogP contribution is -2.04. The highest BCUT2D eigenvalue weighted by Crippen LogP contribution is 2.42. The van der Waals surface area contributed by atoms with Crippen LogP contribution in [-0.2, 0) is 7.05 Å². The van der Waals surface area contributed by atoms with Gasteiger partial charge in [0.25, 0.3) is 0 Å². The van der Waals surface area contributed by atoms with Crippen LogP contribution < -0.4 is 0 Å². The van der Waals surface area contributed by atoms with Crippen LogP contribution in [0.5, 0.6) is 0 Å². The zero-order valence-electron chi connectivity index (χ0n) is 15.7. The minimum atomic E-state index is 0.756. The van der Waals surface area contributed by atoms with Gasteiger partial charge < -0.3 is 4.57 Å². The number of fused-ring (bicyclic) bond motifs is 7. The van der Waals surface area contributed by atoms with E-state index in [1.807, 2.05) is 11.3 Å². The largest absolute Gasteiger partial charge is 0.342 e. The topological polar surface area (TPSA) is 4.93 Å². The highest BCUT2D eigenvalue weighted by Gasteiger charge is 2.19. The van der Waals surface area contributed by atoms with Gasteiger partial charge in [-0.05, 0) is 42.5 Å². The predicted octanol–water partition coefficient (Wildman–Crippen LogP) is 7.75. The number of hydrogen-bond donors (Lipinski definition) is 0. The van der Waals surface area contributed by atoms with Crippen molar-refractivity contribution in [2.24, 2.45) is 7.05 Å². The molecule has 27 heavy (non-hydrogen) atoms. The number of nitrogens with zero attached hydrogens (tertiary/aromatic N) is 1. The first kappa shape index (κ1) is 15.7. The lowest BCUT2D eigenvalue weighted by Gasteiger charge is -2.22. The summed E-state index contributed by atoms with van der Waals surface area (Å²) in [6, 6.07) is 20.7. The monoisotopic (exact) mass is 369 g/mol. The molecule has 1 fully saturated rings. The van der Waals surface area contributed by atoms with E-state index in [0.717, 1.165) is 5.92 Å². The van der Waals surface area contributed by atoms with E-state index in [-0.39, 0.29) is 0 Å². The van der Waals surface area contributed by atoms with Crippen LogP contribution in [0.3, 0.4) is 0 Å². The maximum absolute atomic E-state index is 2.49. The maximum Gasteiger partial charge on any atom is 0.0670 e. The Morgan fingerprint density at radius 2 is 1.63 bits per heavy atom. The third-order valence-corrected chi connectivity index (χ3v) is 7.80. The summed E-state index contributed by atoms with van der Waals surface area (Å²) in [4.78, 5) is 0. The normalized spacial score (nSPS) is 16.2. The molecule has 0 bridgehead atoms. The van der Waals surface area contributed by atoms with Gasteiger partial charge in [0.1, 0.15) is 0 Å². The zero-order chi connectivity index (χ0) is 18.0. The molecule has 5 aromatic rings. The van der Waals surface area contributed by atoms with Crippen molar-refractivity contribution in [3.8, 4) is 0 Å². The minimum Gasteiger partial charge on any atom is -0.342 e. The van der Waals surface area contributed by atoms with Crippen LogP contribution in [-0.4, -0.2) is 4.57 Å². The summed E-state index contributed by atoms with van der Waals surface area (Å²) < 4.78 is 5.22. The Morgan fingerprint density at radius 3 is 2.52 bits per heavy atom. The lowest BCUT2D eigenvalue weighted by molar-refractivity contribution is 0.444. The van der Waals surface area contributed by atoms with Crippen LogP contribution in [0.1, 0.15) is 43.6 Å². The Labute approximate surface area is 163 Å². The second-order valence-electron chi connectivity index (χ2n) is 8.11. The average Bonchev–Trinajstić information content (AvgIpc) is 3.24. The predicted molar refractivity (Wildman–Crippen MR) is 119 cm³/mol. The molecule has 0 spiro atoms. The van der Waals surface area contributed by atoms with Gasteiger partial charge >= 0.3 is 0 Å². The molecule has 1 nitrogen and oxygen atoms in total. The van der Waals surface area contributed by atoms with Gasteiger partial charge in [-0.25, -0.2) is 0 Å². The minimum absolute atomic E-state index is 0.756. The van der Waals surface area contributed by atoms with Crippen molar-refractivity contribution < 1.29 is 0 Å². The Morgan fingerprint density at radius 1 is 0.815 bits per heavy atom. The van der Waals surface area contributed by atoms with Crippen LogP contribution in [0.25, 0.3) is 42.0 Å². The van der Waals surface area contributed by atoms with Gasteiger partial charge in [-0.2, -0.15) is 0 Å². The second-order valence-corrected chi connectivity index (χ2v) is 9.16. The zero-order valence-corrected chi connectivity index (χ0v) is 16.5. The van der Waals surface area contributed by atoms with E-state index >= 15 is 0 Å². The van der Waals surface area contributed by atoms with E-state index in [1.54, 1.807) is 5.56 Å². The second kappa shape index (κ2) is 5.84. The van der Waals surface area contributed by atoms with Crippen LogP contribution in [0, 0.1) is 0 Å². The number of aromatic nitrogens is 1. The van der Waals surface area contributed by atoms with Crippen molar-refractivity contribution >= 4 is 53.3 Å². The third-order valence-electron chi connectivity index (χ3n) is 6.60. The molecule has 0 unspecified atom stereocenters. The molecule has 0 N–H and O–H groups in total. The van der Waals surface area contributed by atoms with Crippen LogP contribution >= 0.6 is 11.3 Å². The van der Waals surface area contributed by atoms with Crippen LogP contribution in [0.15, 0.2) is 54.6 Å². The average molecular weight is 370 g/mol. The van der Waals surface area contributed by atoms with Crippen LogP contribution in [0.4, 0.5) is 0 Å². The van der Waals surface area contributed by atoms with Gasteiger partial charge in [0.05, 0.1) is 10.2 Å². The van der Waals surface area contributed by atoms with E-state index in [9.17, 15) is 0 Å². The van der Waals surface area contributed by atoms with Gasteiger partial charge in [0.15, 0.2) is 0 Å². The van der Waals surface area contributed by atoms with Crippen molar-refractivity contribution in [2.75, 3.05) is 0 Å². The van der Waals surface area contributed by atoms with Gasteiger partial charge in [-0.15, -0.1) is 11.3 Å². The molecule has 2 heteroatoms. The number of thiophene rings is 1. The summed E-state index contributed by atoms with van der Waals surface area (Å²) in [5.74, 6) is 0.756. The molecule has 1 saturated carbocycles. The molecule has 0 saturated heterocycles. The lowest BCUT2D eigenvalue weighted by atomic mass is 9.84. The molecule has 1 aliphatic rings. The Bertz CT molecular complexity index is 1310. The quantitative estimate of drug-likeness (QED) is 0.285. The fraction of sp³-hybridized carbons (Fsp3) is 0.280. The molecule has 0 aliphatic heterocycles. The molecule has 0 radical (unpaired) electrons.